The lowest BCUT2D eigenvalue weighted by atomic mass is 10.1. The molecule has 2 amide bonds. The minimum atomic E-state index is -4.54. The van der Waals surface area contributed by atoms with Crippen LogP contribution in [0.1, 0.15) is 11.1 Å². The molecule has 0 unspecified atom stereocenters. The van der Waals surface area contributed by atoms with Crippen LogP contribution in [0.4, 0.5) is 29.3 Å². The van der Waals surface area contributed by atoms with Crippen molar-refractivity contribution >= 4 is 17.4 Å². The Morgan fingerprint density at radius 3 is 2.42 bits per heavy atom. The largest absolute Gasteiger partial charge is 0.418 e. The summed E-state index contributed by atoms with van der Waals surface area (Å²) >= 11 is 0. The summed E-state index contributed by atoms with van der Waals surface area (Å²) in [5, 5.41) is 4.62. The molecule has 0 aliphatic carbocycles. The van der Waals surface area contributed by atoms with Crippen LogP contribution in [0.3, 0.4) is 0 Å². The van der Waals surface area contributed by atoms with Crippen molar-refractivity contribution in [3.05, 3.63) is 59.7 Å². The van der Waals surface area contributed by atoms with E-state index in [-0.39, 0.29) is 12.2 Å². The Morgan fingerprint density at radius 1 is 1.08 bits per heavy atom. The highest BCUT2D eigenvalue weighted by Crippen LogP contribution is 2.34. The third-order valence-electron chi connectivity index (χ3n) is 3.43. The van der Waals surface area contributed by atoms with Gasteiger partial charge in [0.25, 0.3) is 0 Å². The van der Waals surface area contributed by atoms with E-state index in [4.69, 9.17) is 0 Å². The van der Waals surface area contributed by atoms with E-state index >= 15 is 0 Å². The van der Waals surface area contributed by atoms with Crippen LogP contribution in [0.5, 0.6) is 0 Å². The second kappa shape index (κ2) is 8.30. The number of hydrogen-bond acceptors (Lipinski definition) is 2. The topological polar surface area (TPSA) is 44.4 Å². The van der Waals surface area contributed by atoms with Crippen LogP contribution in [-0.4, -0.2) is 26.7 Å². The highest BCUT2D eigenvalue weighted by Gasteiger charge is 2.33. The van der Waals surface area contributed by atoms with E-state index in [1.165, 1.54) is 18.2 Å². The quantitative estimate of drug-likeness (QED) is 0.814. The Morgan fingerprint density at radius 2 is 1.73 bits per heavy atom. The van der Waals surface area contributed by atoms with Gasteiger partial charge in [0.2, 0.25) is 0 Å². The van der Waals surface area contributed by atoms with Crippen molar-refractivity contribution in [1.82, 2.24) is 5.32 Å². The molecule has 26 heavy (non-hydrogen) atoms. The SMILES string of the molecule is CN(C)c1ccccc1C#CCNC(=O)Nc1ccccc1C(F)(F)F. The van der Waals surface area contributed by atoms with E-state index in [1.807, 2.05) is 43.3 Å². The standard InChI is InChI=1S/C19H18F3N3O/c1-25(2)17-12-6-3-8-14(17)9-7-13-23-18(26)24-16-11-5-4-10-15(16)19(20,21)22/h3-6,8,10-12H,13H2,1-2H3,(H2,23,24,26). The number of halogens is 3. The lowest BCUT2D eigenvalue weighted by Gasteiger charge is -2.14. The molecule has 4 nitrogen and oxygen atoms in total. The summed E-state index contributed by atoms with van der Waals surface area (Å²) in [5.74, 6) is 5.72. The molecule has 7 heteroatoms. The number of hydrogen-bond donors (Lipinski definition) is 2. The average molecular weight is 361 g/mol. The van der Waals surface area contributed by atoms with Crippen molar-refractivity contribution < 1.29 is 18.0 Å². The van der Waals surface area contributed by atoms with Gasteiger partial charge >= 0.3 is 12.2 Å². The van der Waals surface area contributed by atoms with Crippen LogP contribution in [-0.2, 0) is 6.18 Å². The van der Waals surface area contributed by atoms with Gasteiger partial charge in [-0.15, -0.1) is 0 Å². The minimum Gasteiger partial charge on any atom is -0.377 e. The number of nitrogens with zero attached hydrogens (tertiary/aromatic N) is 1. The van der Waals surface area contributed by atoms with Crippen LogP contribution in [0.2, 0.25) is 0 Å². The fourth-order valence-electron chi connectivity index (χ4n) is 2.24. The van der Waals surface area contributed by atoms with Crippen LogP contribution < -0.4 is 15.5 Å². The first-order valence-electron chi connectivity index (χ1n) is 7.75. The summed E-state index contributed by atoms with van der Waals surface area (Å²) in [4.78, 5) is 13.7. The minimum absolute atomic E-state index is 0.00177. The molecule has 0 aromatic heterocycles. The van der Waals surface area contributed by atoms with E-state index in [2.05, 4.69) is 22.5 Å². The maximum absolute atomic E-state index is 12.9. The number of anilines is 2. The molecule has 136 valence electrons. The van der Waals surface area contributed by atoms with E-state index in [9.17, 15) is 18.0 Å². The lowest BCUT2D eigenvalue weighted by Crippen LogP contribution is -2.29. The highest BCUT2D eigenvalue weighted by atomic mass is 19.4. The fourth-order valence-corrected chi connectivity index (χ4v) is 2.24. The number of carbonyl (C=O) groups excluding carboxylic acids is 1. The third-order valence-corrected chi connectivity index (χ3v) is 3.43. The van der Waals surface area contributed by atoms with Crippen LogP contribution in [0.25, 0.3) is 0 Å². The first-order chi connectivity index (χ1) is 12.3. The molecular weight excluding hydrogens is 343 g/mol. The number of para-hydroxylation sites is 2. The molecule has 2 aromatic rings. The van der Waals surface area contributed by atoms with Gasteiger partial charge in [0.05, 0.1) is 23.5 Å². The summed E-state index contributed by atoms with van der Waals surface area (Å²) < 4.78 is 38.7. The van der Waals surface area contributed by atoms with Gasteiger partial charge < -0.3 is 15.5 Å². The Hall–Kier alpha value is -3.14. The number of benzene rings is 2. The van der Waals surface area contributed by atoms with Gasteiger partial charge in [-0.25, -0.2) is 4.79 Å². The van der Waals surface area contributed by atoms with Gasteiger partial charge in [0.1, 0.15) is 0 Å². The molecule has 0 saturated carbocycles. The van der Waals surface area contributed by atoms with E-state index in [1.54, 1.807) is 0 Å². The zero-order chi connectivity index (χ0) is 19.2. The summed E-state index contributed by atoms with van der Waals surface area (Å²) in [6.45, 7) is 0.00177. The lowest BCUT2D eigenvalue weighted by molar-refractivity contribution is -0.136. The van der Waals surface area contributed by atoms with Crippen LogP contribution in [0, 0.1) is 11.8 Å². The predicted octanol–water partition coefficient (Wildman–Crippen LogP) is 3.94. The van der Waals surface area contributed by atoms with E-state index < -0.39 is 17.8 Å². The second-order valence-electron chi connectivity index (χ2n) is 5.56. The van der Waals surface area contributed by atoms with Gasteiger partial charge in [-0.2, -0.15) is 13.2 Å². The van der Waals surface area contributed by atoms with Gasteiger partial charge in [-0.3, -0.25) is 0 Å². The summed E-state index contributed by atoms with van der Waals surface area (Å²) in [6, 6.07) is 11.5. The Bertz CT molecular complexity index is 836. The van der Waals surface area contributed by atoms with Gasteiger partial charge in [0, 0.05) is 19.7 Å². The van der Waals surface area contributed by atoms with E-state index in [0.717, 1.165) is 17.3 Å². The molecule has 0 fully saturated rings. The number of urea groups is 1. The van der Waals surface area contributed by atoms with Crippen molar-refractivity contribution in [2.75, 3.05) is 30.9 Å². The number of nitrogens with one attached hydrogen (secondary N) is 2. The van der Waals surface area contributed by atoms with Gasteiger partial charge in [-0.1, -0.05) is 36.1 Å². The zero-order valence-corrected chi connectivity index (χ0v) is 14.3. The molecule has 2 aromatic carbocycles. The molecule has 0 spiro atoms. The molecule has 0 heterocycles. The van der Waals surface area contributed by atoms with Crippen molar-refractivity contribution in [2.24, 2.45) is 0 Å². The number of rotatable bonds is 3. The fraction of sp³-hybridized carbons (Fsp3) is 0.211. The molecule has 0 aliphatic rings. The van der Waals surface area contributed by atoms with Crippen molar-refractivity contribution in [2.45, 2.75) is 6.18 Å². The molecular formula is C19H18F3N3O. The van der Waals surface area contributed by atoms with Crippen LogP contribution in [0.15, 0.2) is 48.5 Å². The smallest absolute Gasteiger partial charge is 0.377 e. The monoisotopic (exact) mass is 361 g/mol. The number of carbonyl (C=O) groups is 1. The summed E-state index contributed by atoms with van der Waals surface area (Å²) in [5.41, 5.74) is 0.523. The highest BCUT2D eigenvalue weighted by molar-refractivity contribution is 5.90. The molecule has 0 radical (unpaired) electrons. The number of amides is 2. The van der Waals surface area contributed by atoms with Crippen molar-refractivity contribution in [3.8, 4) is 11.8 Å². The first-order valence-corrected chi connectivity index (χ1v) is 7.75. The Balaban J connectivity index is 1.98. The first kappa shape index (κ1) is 19.2. The summed E-state index contributed by atoms with van der Waals surface area (Å²) in [7, 11) is 3.79. The normalized spacial score (nSPS) is 10.5. The summed E-state index contributed by atoms with van der Waals surface area (Å²) in [6.07, 6.45) is -4.54. The van der Waals surface area contributed by atoms with Crippen LogP contribution >= 0.6 is 0 Å². The van der Waals surface area contributed by atoms with Gasteiger partial charge in [0.15, 0.2) is 0 Å². The van der Waals surface area contributed by atoms with Gasteiger partial charge in [-0.05, 0) is 24.3 Å². The molecule has 0 atom stereocenters. The maximum Gasteiger partial charge on any atom is 0.418 e. The Labute approximate surface area is 150 Å². The van der Waals surface area contributed by atoms with Crippen molar-refractivity contribution in [3.63, 3.8) is 0 Å². The maximum atomic E-state index is 12.9. The zero-order valence-electron chi connectivity index (χ0n) is 14.3. The van der Waals surface area contributed by atoms with Crippen molar-refractivity contribution in [1.29, 1.82) is 0 Å². The predicted molar refractivity (Wildman–Crippen MR) is 96.1 cm³/mol. The molecule has 2 N–H and O–H groups in total. The van der Waals surface area contributed by atoms with E-state index in [0.29, 0.717) is 0 Å². The second-order valence-corrected chi connectivity index (χ2v) is 5.56. The molecule has 2 rings (SSSR count). The third kappa shape index (κ3) is 5.18. The number of alkyl halides is 3. The Kier molecular flexibility index (Phi) is 6.12. The molecule has 0 saturated heterocycles. The average Bonchev–Trinajstić information content (AvgIpc) is 2.58. The molecule has 0 aliphatic heterocycles. The molecule has 0 bridgehead atoms.